The Hall–Kier alpha value is -0.620. The molecule has 0 aliphatic rings. The molecule has 0 amide bonds. The molecule has 0 fully saturated rings. The number of rotatable bonds is 5. The van der Waals surface area contributed by atoms with E-state index in [1.165, 1.54) is 11.3 Å². The van der Waals surface area contributed by atoms with Gasteiger partial charge in [-0.25, -0.2) is 4.98 Å². The monoisotopic (exact) mass is 280 g/mol. The summed E-state index contributed by atoms with van der Waals surface area (Å²) < 4.78 is 38.6. The van der Waals surface area contributed by atoms with E-state index in [0.717, 1.165) is 6.42 Å². The van der Waals surface area contributed by atoms with E-state index in [9.17, 15) is 13.2 Å². The molecular weight excluding hydrogens is 261 g/mol. The Kier molecular flexibility index (Phi) is 5.16. The third-order valence-corrected chi connectivity index (χ3v) is 3.97. The van der Waals surface area contributed by atoms with Crippen LogP contribution in [-0.2, 0) is 12.7 Å². The maximum absolute atomic E-state index is 12.9. The van der Waals surface area contributed by atoms with Crippen LogP contribution in [0.4, 0.5) is 13.2 Å². The van der Waals surface area contributed by atoms with Gasteiger partial charge in [-0.15, -0.1) is 11.3 Å². The summed E-state index contributed by atoms with van der Waals surface area (Å²) in [6, 6.07) is 0.153. The van der Waals surface area contributed by atoms with Gasteiger partial charge in [0.25, 0.3) is 0 Å². The van der Waals surface area contributed by atoms with Gasteiger partial charge in [0.15, 0.2) is 5.69 Å². The fraction of sp³-hybridized carbons (Fsp3) is 0.750. The van der Waals surface area contributed by atoms with Gasteiger partial charge in [-0.05, 0) is 6.42 Å². The Balaban J connectivity index is 3.01. The van der Waals surface area contributed by atoms with Crippen LogP contribution in [0.2, 0.25) is 0 Å². The lowest BCUT2D eigenvalue weighted by Gasteiger charge is -2.09. The first kappa shape index (κ1) is 15.4. The second-order valence-electron chi connectivity index (χ2n) is 4.67. The molecule has 0 saturated carbocycles. The summed E-state index contributed by atoms with van der Waals surface area (Å²) in [4.78, 5) is 4.07. The second kappa shape index (κ2) is 6.02. The predicted octanol–water partition coefficient (Wildman–Crippen LogP) is 4.17. The minimum atomic E-state index is -4.36. The average Bonchev–Trinajstić information content (AvgIpc) is 2.69. The summed E-state index contributed by atoms with van der Waals surface area (Å²) in [5, 5.41) is 3.59. The zero-order chi connectivity index (χ0) is 13.9. The molecule has 104 valence electrons. The highest BCUT2D eigenvalue weighted by atomic mass is 32.1. The molecular formula is C12H19F3N2S. The molecule has 2 nitrogen and oxygen atoms in total. The van der Waals surface area contributed by atoms with Crippen LogP contribution < -0.4 is 5.32 Å². The minimum absolute atomic E-state index is 0.0731. The molecule has 0 saturated heterocycles. The highest BCUT2D eigenvalue weighted by molar-refractivity contribution is 7.11. The number of hydrogen-bond acceptors (Lipinski definition) is 3. The van der Waals surface area contributed by atoms with Gasteiger partial charge >= 0.3 is 6.18 Å². The number of nitrogens with zero attached hydrogens (tertiary/aromatic N) is 1. The molecule has 6 heteroatoms. The molecule has 0 spiro atoms. The summed E-state index contributed by atoms with van der Waals surface area (Å²) in [5.41, 5.74) is -0.726. The molecule has 18 heavy (non-hydrogen) atoms. The van der Waals surface area contributed by atoms with Gasteiger partial charge in [0, 0.05) is 18.5 Å². The van der Waals surface area contributed by atoms with Crippen LogP contribution in [0, 0.1) is 0 Å². The van der Waals surface area contributed by atoms with E-state index in [1.54, 1.807) is 0 Å². The lowest BCUT2D eigenvalue weighted by Crippen LogP contribution is -2.23. The van der Waals surface area contributed by atoms with Gasteiger partial charge in [0.2, 0.25) is 0 Å². The van der Waals surface area contributed by atoms with E-state index >= 15 is 0 Å². The molecule has 1 aromatic rings. The maximum atomic E-state index is 12.9. The summed E-state index contributed by atoms with van der Waals surface area (Å²) in [5.74, 6) is 0.0731. The molecule has 1 unspecified atom stereocenters. The van der Waals surface area contributed by atoms with E-state index in [1.807, 2.05) is 27.7 Å². The van der Waals surface area contributed by atoms with Gasteiger partial charge < -0.3 is 5.32 Å². The summed E-state index contributed by atoms with van der Waals surface area (Å²) in [7, 11) is 0. The maximum Gasteiger partial charge on any atom is 0.434 e. The first-order chi connectivity index (χ1) is 8.25. The van der Waals surface area contributed by atoms with Gasteiger partial charge in [0.1, 0.15) is 0 Å². The molecule has 0 aliphatic carbocycles. The molecule has 1 N–H and O–H groups in total. The number of aromatic nitrogens is 1. The lowest BCUT2D eigenvalue weighted by molar-refractivity contribution is -0.141. The second-order valence-corrected chi connectivity index (χ2v) is 5.78. The van der Waals surface area contributed by atoms with Crippen molar-refractivity contribution in [3.8, 4) is 0 Å². The van der Waals surface area contributed by atoms with Crippen LogP contribution >= 0.6 is 11.3 Å². The summed E-state index contributed by atoms with van der Waals surface area (Å²) in [6.07, 6.45) is -3.57. The summed E-state index contributed by atoms with van der Waals surface area (Å²) in [6.45, 7) is 7.89. The van der Waals surface area contributed by atoms with Gasteiger partial charge in [0.05, 0.1) is 9.88 Å². The highest BCUT2D eigenvalue weighted by Gasteiger charge is 2.37. The zero-order valence-electron chi connectivity index (χ0n) is 11.1. The normalized spacial score (nSPS) is 14.2. The Labute approximate surface area is 110 Å². The van der Waals surface area contributed by atoms with Crippen molar-refractivity contribution in [2.24, 2.45) is 0 Å². The standard InChI is InChI=1S/C12H19F3N2S/c1-5-8(4)11-17-10(12(13,14)15)9(18-11)6-16-7(2)3/h7-8,16H,5-6H2,1-4H3. The van der Waals surface area contributed by atoms with E-state index in [4.69, 9.17) is 0 Å². The van der Waals surface area contributed by atoms with Crippen LogP contribution in [0.1, 0.15) is 55.6 Å². The number of hydrogen-bond donors (Lipinski definition) is 1. The van der Waals surface area contributed by atoms with Crippen molar-refractivity contribution in [3.05, 3.63) is 15.6 Å². The SMILES string of the molecule is CCC(C)c1nc(C(F)(F)F)c(CNC(C)C)s1. The van der Waals surface area contributed by atoms with Crippen molar-refractivity contribution >= 4 is 11.3 Å². The highest BCUT2D eigenvalue weighted by Crippen LogP contribution is 2.36. The van der Waals surface area contributed by atoms with Crippen molar-refractivity contribution in [1.29, 1.82) is 0 Å². The lowest BCUT2D eigenvalue weighted by atomic mass is 10.1. The van der Waals surface area contributed by atoms with Crippen LogP contribution in [0.5, 0.6) is 0 Å². The van der Waals surface area contributed by atoms with Crippen LogP contribution in [0.25, 0.3) is 0 Å². The van der Waals surface area contributed by atoms with Crippen molar-refractivity contribution < 1.29 is 13.2 Å². The average molecular weight is 280 g/mol. The first-order valence-corrected chi connectivity index (χ1v) is 6.87. The van der Waals surface area contributed by atoms with Crippen molar-refractivity contribution in [1.82, 2.24) is 10.3 Å². The predicted molar refractivity (Wildman–Crippen MR) is 67.8 cm³/mol. The van der Waals surface area contributed by atoms with Crippen LogP contribution in [-0.4, -0.2) is 11.0 Å². The van der Waals surface area contributed by atoms with Crippen molar-refractivity contribution in [2.45, 2.75) is 58.8 Å². The number of halogens is 3. The van der Waals surface area contributed by atoms with Crippen molar-refractivity contribution in [2.75, 3.05) is 0 Å². The molecule has 0 radical (unpaired) electrons. The van der Waals surface area contributed by atoms with Crippen molar-refractivity contribution in [3.63, 3.8) is 0 Å². The summed E-state index contributed by atoms with van der Waals surface area (Å²) >= 11 is 1.17. The molecule has 1 aromatic heterocycles. The third-order valence-electron chi connectivity index (χ3n) is 2.69. The minimum Gasteiger partial charge on any atom is -0.310 e. The smallest absolute Gasteiger partial charge is 0.310 e. The Morgan fingerprint density at radius 1 is 1.28 bits per heavy atom. The van der Waals surface area contributed by atoms with Gasteiger partial charge in [-0.2, -0.15) is 13.2 Å². The fourth-order valence-electron chi connectivity index (χ4n) is 1.39. The molecule has 0 aromatic carbocycles. The van der Waals surface area contributed by atoms with Gasteiger partial charge in [-0.3, -0.25) is 0 Å². The third kappa shape index (κ3) is 3.95. The number of nitrogens with one attached hydrogen (secondary N) is 1. The van der Waals surface area contributed by atoms with Gasteiger partial charge in [-0.1, -0.05) is 27.7 Å². The molecule has 1 rings (SSSR count). The number of thiazole rings is 1. The quantitative estimate of drug-likeness (QED) is 0.875. The Morgan fingerprint density at radius 2 is 1.89 bits per heavy atom. The molecule has 1 atom stereocenters. The van der Waals surface area contributed by atoms with E-state index in [0.29, 0.717) is 5.01 Å². The Bertz CT molecular complexity index is 385. The van der Waals surface area contributed by atoms with Crippen LogP contribution in [0.15, 0.2) is 0 Å². The first-order valence-electron chi connectivity index (χ1n) is 6.05. The molecule has 0 bridgehead atoms. The molecule has 1 heterocycles. The molecule has 0 aliphatic heterocycles. The van der Waals surface area contributed by atoms with E-state index in [2.05, 4.69) is 10.3 Å². The van der Waals surface area contributed by atoms with E-state index in [-0.39, 0.29) is 23.4 Å². The Morgan fingerprint density at radius 3 is 2.33 bits per heavy atom. The topological polar surface area (TPSA) is 24.9 Å². The largest absolute Gasteiger partial charge is 0.434 e. The zero-order valence-corrected chi connectivity index (χ0v) is 11.9. The fourth-order valence-corrected chi connectivity index (χ4v) is 2.56. The van der Waals surface area contributed by atoms with E-state index < -0.39 is 11.9 Å². The number of alkyl halides is 3. The van der Waals surface area contributed by atoms with Crippen LogP contribution in [0.3, 0.4) is 0 Å².